The molecular formula is C14H10BrFO3. The van der Waals surface area contributed by atoms with Crippen molar-refractivity contribution in [3.8, 4) is 5.75 Å². The summed E-state index contributed by atoms with van der Waals surface area (Å²) in [6.45, 7) is 0.111. The Hall–Kier alpha value is -1.88. The van der Waals surface area contributed by atoms with Gasteiger partial charge in [0.15, 0.2) is 11.6 Å². The molecule has 19 heavy (non-hydrogen) atoms. The highest BCUT2D eigenvalue weighted by Crippen LogP contribution is 2.22. The van der Waals surface area contributed by atoms with E-state index in [2.05, 4.69) is 15.9 Å². The maximum absolute atomic E-state index is 13.5. The number of carboxylic acids is 1. The van der Waals surface area contributed by atoms with Crippen molar-refractivity contribution in [2.24, 2.45) is 0 Å². The number of hydrogen-bond donors (Lipinski definition) is 1. The molecule has 0 aliphatic carbocycles. The average Bonchev–Trinajstić information content (AvgIpc) is 2.38. The molecule has 0 atom stereocenters. The molecule has 2 rings (SSSR count). The summed E-state index contributed by atoms with van der Waals surface area (Å²) in [7, 11) is 0. The molecule has 0 unspecified atom stereocenters. The number of halogens is 2. The van der Waals surface area contributed by atoms with Crippen LogP contribution < -0.4 is 4.74 Å². The van der Waals surface area contributed by atoms with Gasteiger partial charge in [0, 0.05) is 4.47 Å². The van der Waals surface area contributed by atoms with Crippen molar-refractivity contribution in [3.63, 3.8) is 0 Å². The minimum absolute atomic E-state index is 0.111. The summed E-state index contributed by atoms with van der Waals surface area (Å²) in [5.74, 6) is -1.34. The Labute approximate surface area is 117 Å². The summed E-state index contributed by atoms with van der Waals surface area (Å²) in [4.78, 5) is 10.8. The molecule has 0 saturated heterocycles. The first-order valence-electron chi connectivity index (χ1n) is 5.46. The molecule has 98 valence electrons. The Kier molecular flexibility index (Phi) is 4.16. The van der Waals surface area contributed by atoms with E-state index in [0.29, 0.717) is 10.0 Å². The third-order valence-electron chi connectivity index (χ3n) is 2.46. The summed E-state index contributed by atoms with van der Waals surface area (Å²) in [5.41, 5.74) is 0.847. The molecule has 0 heterocycles. The van der Waals surface area contributed by atoms with E-state index >= 15 is 0 Å². The van der Waals surface area contributed by atoms with Gasteiger partial charge in [-0.3, -0.25) is 0 Å². The van der Waals surface area contributed by atoms with Crippen molar-refractivity contribution < 1.29 is 19.0 Å². The maximum Gasteiger partial charge on any atom is 0.335 e. The SMILES string of the molecule is O=C(O)c1cccc(COc2ccc(Br)cc2F)c1. The molecule has 0 spiro atoms. The van der Waals surface area contributed by atoms with Gasteiger partial charge < -0.3 is 9.84 Å². The van der Waals surface area contributed by atoms with E-state index in [0.717, 1.165) is 0 Å². The minimum atomic E-state index is -1.00. The fourth-order valence-electron chi connectivity index (χ4n) is 1.55. The minimum Gasteiger partial charge on any atom is -0.486 e. The predicted molar refractivity (Wildman–Crippen MR) is 71.8 cm³/mol. The molecule has 0 fully saturated rings. The van der Waals surface area contributed by atoms with Crippen molar-refractivity contribution in [1.82, 2.24) is 0 Å². The third-order valence-corrected chi connectivity index (χ3v) is 2.96. The highest BCUT2D eigenvalue weighted by Gasteiger charge is 2.06. The first kappa shape index (κ1) is 13.5. The number of aromatic carboxylic acids is 1. The van der Waals surface area contributed by atoms with E-state index in [1.54, 1.807) is 18.2 Å². The second kappa shape index (κ2) is 5.84. The van der Waals surface area contributed by atoms with Crippen LogP contribution >= 0.6 is 15.9 Å². The van der Waals surface area contributed by atoms with Crippen LogP contribution in [0.2, 0.25) is 0 Å². The number of benzene rings is 2. The first-order chi connectivity index (χ1) is 9.06. The van der Waals surface area contributed by atoms with E-state index in [4.69, 9.17) is 9.84 Å². The molecule has 2 aromatic rings. The molecule has 0 aliphatic rings. The summed E-state index contributed by atoms with van der Waals surface area (Å²) in [6.07, 6.45) is 0. The van der Waals surface area contributed by atoms with Crippen LogP contribution in [-0.2, 0) is 6.61 Å². The lowest BCUT2D eigenvalue weighted by Crippen LogP contribution is -2.01. The van der Waals surface area contributed by atoms with Crippen molar-refractivity contribution in [3.05, 3.63) is 63.9 Å². The molecule has 0 aromatic heterocycles. The summed E-state index contributed by atoms with van der Waals surface area (Å²) < 4.78 is 19.5. The van der Waals surface area contributed by atoms with Crippen molar-refractivity contribution in [2.75, 3.05) is 0 Å². The number of hydrogen-bond acceptors (Lipinski definition) is 2. The van der Waals surface area contributed by atoms with Gasteiger partial charge in [-0.05, 0) is 35.9 Å². The molecule has 0 aliphatic heterocycles. The van der Waals surface area contributed by atoms with Gasteiger partial charge in [-0.1, -0.05) is 28.1 Å². The van der Waals surface area contributed by atoms with Crippen LogP contribution in [0.4, 0.5) is 4.39 Å². The highest BCUT2D eigenvalue weighted by molar-refractivity contribution is 9.10. The van der Waals surface area contributed by atoms with Gasteiger partial charge in [0.25, 0.3) is 0 Å². The smallest absolute Gasteiger partial charge is 0.335 e. The van der Waals surface area contributed by atoms with Crippen LogP contribution in [0.3, 0.4) is 0 Å². The van der Waals surface area contributed by atoms with Gasteiger partial charge >= 0.3 is 5.97 Å². The third kappa shape index (κ3) is 3.54. The molecule has 5 heteroatoms. The van der Waals surface area contributed by atoms with Crippen molar-refractivity contribution >= 4 is 21.9 Å². The average molecular weight is 325 g/mol. The standard InChI is InChI=1S/C14H10BrFO3/c15-11-4-5-13(12(16)7-11)19-8-9-2-1-3-10(6-9)14(17)18/h1-7H,8H2,(H,17,18). The molecule has 3 nitrogen and oxygen atoms in total. The first-order valence-corrected chi connectivity index (χ1v) is 6.25. The predicted octanol–water partition coefficient (Wildman–Crippen LogP) is 3.87. The van der Waals surface area contributed by atoms with Crippen LogP contribution in [0.25, 0.3) is 0 Å². The van der Waals surface area contributed by atoms with Crippen molar-refractivity contribution in [2.45, 2.75) is 6.61 Å². The van der Waals surface area contributed by atoms with Crippen LogP contribution in [0, 0.1) is 5.82 Å². The summed E-state index contributed by atoms with van der Waals surface area (Å²) in [5, 5.41) is 8.86. The number of carbonyl (C=O) groups is 1. The molecule has 2 aromatic carbocycles. The lowest BCUT2D eigenvalue weighted by Gasteiger charge is -2.08. The van der Waals surface area contributed by atoms with Crippen LogP contribution in [0.15, 0.2) is 46.9 Å². The number of carboxylic acid groups (broad SMARTS) is 1. The molecular weight excluding hydrogens is 315 g/mol. The zero-order valence-corrected chi connectivity index (χ0v) is 11.4. The Balaban J connectivity index is 2.10. The lowest BCUT2D eigenvalue weighted by atomic mass is 10.1. The van der Waals surface area contributed by atoms with E-state index in [9.17, 15) is 9.18 Å². The van der Waals surface area contributed by atoms with Crippen LogP contribution in [-0.4, -0.2) is 11.1 Å². The van der Waals surface area contributed by atoms with E-state index in [-0.39, 0.29) is 17.9 Å². The Morgan fingerprint density at radius 2 is 2.05 bits per heavy atom. The Morgan fingerprint density at radius 1 is 1.26 bits per heavy atom. The normalized spacial score (nSPS) is 10.2. The van der Waals surface area contributed by atoms with Gasteiger partial charge in [0.1, 0.15) is 6.61 Å². The van der Waals surface area contributed by atoms with Gasteiger partial charge in [-0.2, -0.15) is 0 Å². The lowest BCUT2D eigenvalue weighted by molar-refractivity contribution is 0.0696. The van der Waals surface area contributed by atoms with Gasteiger partial charge in [0.2, 0.25) is 0 Å². The van der Waals surface area contributed by atoms with Crippen molar-refractivity contribution in [1.29, 1.82) is 0 Å². The fourth-order valence-corrected chi connectivity index (χ4v) is 1.88. The Morgan fingerprint density at radius 3 is 2.74 bits per heavy atom. The molecule has 0 saturated carbocycles. The van der Waals surface area contributed by atoms with Gasteiger partial charge in [-0.25, -0.2) is 9.18 Å². The zero-order valence-electron chi connectivity index (χ0n) is 9.77. The van der Waals surface area contributed by atoms with E-state index < -0.39 is 11.8 Å². The summed E-state index contributed by atoms with van der Waals surface area (Å²) >= 11 is 3.16. The second-order valence-electron chi connectivity index (χ2n) is 3.87. The molecule has 0 radical (unpaired) electrons. The van der Waals surface area contributed by atoms with Gasteiger partial charge in [0.05, 0.1) is 5.56 Å². The highest BCUT2D eigenvalue weighted by atomic mass is 79.9. The van der Waals surface area contributed by atoms with E-state index in [1.165, 1.54) is 24.3 Å². The number of rotatable bonds is 4. The van der Waals surface area contributed by atoms with E-state index in [1.807, 2.05) is 0 Å². The largest absolute Gasteiger partial charge is 0.486 e. The monoisotopic (exact) mass is 324 g/mol. The van der Waals surface area contributed by atoms with Crippen LogP contribution in [0.5, 0.6) is 5.75 Å². The molecule has 0 bridgehead atoms. The van der Waals surface area contributed by atoms with Gasteiger partial charge in [-0.15, -0.1) is 0 Å². The summed E-state index contributed by atoms with van der Waals surface area (Å²) in [6, 6.07) is 10.8. The quantitative estimate of drug-likeness (QED) is 0.928. The maximum atomic E-state index is 13.5. The molecule has 0 amide bonds. The fraction of sp³-hybridized carbons (Fsp3) is 0.0714. The molecule has 1 N–H and O–H groups in total. The van der Waals surface area contributed by atoms with Crippen LogP contribution in [0.1, 0.15) is 15.9 Å². The zero-order chi connectivity index (χ0) is 13.8. The number of ether oxygens (including phenoxy) is 1. The topological polar surface area (TPSA) is 46.5 Å². The second-order valence-corrected chi connectivity index (χ2v) is 4.78. The Bertz CT molecular complexity index is 613.